The number of phenolic OH excluding ortho intramolecular Hbond substituents is 2. The summed E-state index contributed by atoms with van der Waals surface area (Å²) in [5.74, 6) is -2.74. The predicted molar refractivity (Wildman–Crippen MR) is 122 cm³/mol. The van der Waals surface area contributed by atoms with Crippen LogP contribution in [-0.4, -0.2) is 40.0 Å². The molecule has 0 spiro atoms. The zero-order valence-corrected chi connectivity index (χ0v) is 19.6. The first-order chi connectivity index (χ1) is 16.5. The van der Waals surface area contributed by atoms with E-state index in [4.69, 9.17) is 9.15 Å². The molecule has 0 saturated carbocycles. The molecule has 0 radical (unpaired) electrons. The Morgan fingerprint density at radius 3 is 2.46 bits per heavy atom. The van der Waals surface area contributed by atoms with E-state index in [1.807, 2.05) is 0 Å². The molecule has 1 amide bonds. The quantitative estimate of drug-likeness (QED) is 0.276. The summed E-state index contributed by atoms with van der Waals surface area (Å²) in [5.41, 5.74) is -1.82. The first kappa shape index (κ1) is 23.8. The maximum Gasteiger partial charge on any atom is 0.239 e. The number of carbonyl (C=O) groups is 4. The second kappa shape index (κ2) is 8.46. The number of ketones is 3. The zero-order valence-electron chi connectivity index (χ0n) is 19.6. The number of hydrogen-bond acceptors (Lipinski definition) is 9. The molecule has 1 atom stereocenters. The molecule has 0 saturated heterocycles. The third-order valence-electron chi connectivity index (χ3n) is 6.31. The van der Waals surface area contributed by atoms with Gasteiger partial charge < -0.3 is 30.0 Å². The smallest absolute Gasteiger partial charge is 0.239 e. The first-order valence-corrected chi connectivity index (χ1v) is 10.8. The molecule has 1 aliphatic heterocycles. The summed E-state index contributed by atoms with van der Waals surface area (Å²) in [6, 6.07) is 3.41. The summed E-state index contributed by atoms with van der Waals surface area (Å²) in [7, 11) is 0. The van der Waals surface area contributed by atoms with Gasteiger partial charge in [0, 0.05) is 17.3 Å². The number of nitrogens with one attached hydrogen (secondary N) is 2. The van der Waals surface area contributed by atoms with E-state index in [0.29, 0.717) is 5.76 Å². The maximum atomic E-state index is 13.7. The number of benzene rings is 1. The Morgan fingerprint density at radius 1 is 1.11 bits per heavy atom. The minimum atomic E-state index is -1.62. The molecular weight excluding hydrogens is 456 g/mol. The molecule has 1 aromatic carbocycles. The van der Waals surface area contributed by atoms with Crippen molar-refractivity contribution in [2.45, 2.75) is 39.7 Å². The Balaban J connectivity index is 1.67. The van der Waals surface area contributed by atoms with Gasteiger partial charge in [0.2, 0.25) is 5.91 Å². The Morgan fingerprint density at radius 2 is 1.83 bits per heavy atom. The lowest BCUT2D eigenvalue weighted by molar-refractivity contribution is -0.124. The molecule has 1 aliphatic carbocycles. The van der Waals surface area contributed by atoms with E-state index in [1.54, 1.807) is 12.1 Å². The minimum Gasteiger partial charge on any atom is -0.507 e. The lowest BCUT2D eigenvalue weighted by Crippen LogP contribution is -2.42. The van der Waals surface area contributed by atoms with Gasteiger partial charge in [0.05, 0.1) is 30.5 Å². The average molecular weight is 480 g/mol. The van der Waals surface area contributed by atoms with Crippen LogP contribution in [0.2, 0.25) is 0 Å². The van der Waals surface area contributed by atoms with Gasteiger partial charge in [0.15, 0.2) is 17.3 Å². The topological polar surface area (TPSA) is 155 Å². The van der Waals surface area contributed by atoms with Crippen LogP contribution in [0.5, 0.6) is 17.2 Å². The van der Waals surface area contributed by atoms with E-state index in [2.05, 4.69) is 10.6 Å². The van der Waals surface area contributed by atoms with E-state index in [-0.39, 0.29) is 58.5 Å². The summed E-state index contributed by atoms with van der Waals surface area (Å²) in [4.78, 5) is 51.0. The molecule has 2 aromatic rings. The molecule has 2 aliphatic rings. The molecule has 35 heavy (non-hydrogen) atoms. The SMILES string of the molecule is CC(=O)c1c(O)c(C)c(O)c2c1OC1=CC(=O)/C(=C(/C)NCC(=O)NCc3ccco3)C(=O)[C@@]12C. The highest BCUT2D eigenvalue weighted by Gasteiger charge is 2.56. The van der Waals surface area contributed by atoms with Crippen molar-refractivity contribution in [3.63, 3.8) is 0 Å². The summed E-state index contributed by atoms with van der Waals surface area (Å²) < 4.78 is 10.9. The molecule has 4 rings (SSSR count). The number of furan rings is 1. The highest BCUT2D eigenvalue weighted by Crippen LogP contribution is 2.57. The van der Waals surface area contributed by atoms with E-state index in [9.17, 15) is 29.4 Å². The molecule has 1 aromatic heterocycles. The summed E-state index contributed by atoms with van der Waals surface area (Å²) >= 11 is 0. The molecule has 2 heterocycles. The van der Waals surface area contributed by atoms with Crippen LogP contribution in [0.15, 0.2) is 45.9 Å². The Hall–Kier alpha value is -4.34. The van der Waals surface area contributed by atoms with Crippen LogP contribution in [0, 0.1) is 6.92 Å². The third kappa shape index (κ3) is 3.67. The standard InChI is InChI=1S/C25H24N2O8/c1-11-21(31)19(13(3)28)23-20(22(11)32)25(4)16(35-23)8-15(29)18(24(25)33)12(2)26-10-17(30)27-9-14-6-5-7-34-14/h5-8,26,31-32H,9-10H2,1-4H3,(H,27,30)/b18-12+/t25-/m0/s1. The Labute approximate surface area is 200 Å². The molecule has 0 unspecified atom stereocenters. The number of phenols is 2. The lowest BCUT2D eigenvalue weighted by Gasteiger charge is -2.29. The second-order valence-electron chi connectivity index (χ2n) is 8.60. The lowest BCUT2D eigenvalue weighted by atomic mass is 9.70. The predicted octanol–water partition coefficient (Wildman–Crippen LogP) is 2.07. The van der Waals surface area contributed by atoms with Crippen molar-refractivity contribution in [3.8, 4) is 17.2 Å². The van der Waals surface area contributed by atoms with Gasteiger partial charge in [-0.25, -0.2) is 0 Å². The number of amides is 1. The van der Waals surface area contributed by atoms with Crippen LogP contribution in [0.3, 0.4) is 0 Å². The van der Waals surface area contributed by atoms with Crippen LogP contribution in [0.1, 0.15) is 48.0 Å². The van der Waals surface area contributed by atoms with E-state index >= 15 is 0 Å². The number of aromatic hydroxyl groups is 2. The van der Waals surface area contributed by atoms with Crippen molar-refractivity contribution in [1.29, 1.82) is 0 Å². The summed E-state index contributed by atoms with van der Waals surface area (Å²) in [6.07, 6.45) is 2.61. The fourth-order valence-corrected chi connectivity index (χ4v) is 4.33. The maximum absolute atomic E-state index is 13.7. The highest BCUT2D eigenvalue weighted by molar-refractivity contribution is 6.31. The summed E-state index contributed by atoms with van der Waals surface area (Å²) in [6.45, 7) is 5.58. The van der Waals surface area contributed by atoms with Crippen LogP contribution in [-0.2, 0) is 26.3 Å². The Bertz CT molecular complexity index is 1350. The molecule has 0 bridgehead atoms. The van der Waals surface area contributed by atoms with Gasteiger partial charge in [-0.05, 0) is 39.8 Å². The first-order valence-electron chi connectivity index (χ1n) is 10.8. The van der Waals surface area contributed by atoms with Crippen molar-refractivity contribution < 1.29 is 38.5 Å². The van der Waals surface area contributed by atoms with E-state index < -0.39 is 34.3 Å². The molecule has 182 valence electrons. The van der Waals surface area contributed by atoms with E-state index in [0.717, 1.165) is 6.08 Å². The number of ether oxygens (including phenoxy) is 1. The van der Waals surface area contributed by atoms with Crippen LogP contribution in [0.25, 0.3) is 0 Å². The van der Waals surface area contributed by atoms with Crippen molar-refractivity contribution in [2.24, 2.45) is 0 Å². The molecule has 10 nitrogen and oxygen atoms in total. The van der Waals surface area contributed by atoms with Crippen molar-refractivity contribution >= 4 is 23.3 Å². The van der Waals surface area contributed by atoms with Crippen molar-refractivity contribution in [2.75, 3.05) is 6.54 Å². The number of carbonyl (C=O) groups excluding carboxylic acids is 4. The number of hydrogen-bond donors (Lipinski definition) is 4. The molecule has 0 fully saturated rings. The van der Waals surface area contributed by atoms with E-state index in [1.165, 1.54) is 34.0 Å². The number of fused-ring (bicyclic) bond motifs is 3. The fraction of sp³-hybridized carbons (Fsp3) is 0.280. The van der Waals surface area contributed by atoms with Crippen molar-refractivity contribution in [3.05, 3.63) is 64.0 Å². The van der Waals surface area contributed by atoms with Gasteiger partial charge in [0.1, 0.15) is 39.7 Å². The number of rotatable bonds is 6. The molecular formula is C25H24N2O8. The minimum absolute atomic E-state index is 0.00300. The largest absolute Gasteiger partial charge is 0.507 e. The third-order valence-corrected chi connectivity index (χ3v) is 6.31. The van der Waals surface area contributed by atoms with Gasteiger partial charge in [-0.1, -0.05) is 0 Å². The monoisotopic (exact) mass is 480 g/mol. The van der Waals surface area contributed by atoms with Gasteiger partial charge >= 0.3 is 0 Å². The summed E-state index contributed by atoms with van der Waals surface area (Å²) in [5, 5.41) is 26.7. The Kier molecular flexibility index (Phi) is 5.75. The van der Waals surface area contributed by atoms with Gasteiger partial charge in [-0.3, -0.25) is 19.2 Å². The fourth-order valence-electron chi connectivity index (χ4n) is 4.33. The van der Waals surface area contributed by atoms with Crippen LogP contribution in [0.4, 0.5) is 0 Å². The van der Waals surface area contributed by atoms with Gasteiger partial charge in [-0.2, -0.15) is 0 Å². The molecule has 10 heteroatoms. The normalized spacial score (nSPS) is 19.9. The van der Waals surface area contributed by atoms with Crippen LogP contribution >= 0.6 is 0 Å². The van der Waals surface area contributed by atoms with Gasteiger partial charge in [-0.15, -0.1) is 0 Å². The number of Topliss-reactive ketones (excluding diaryl/α,β-unsaturated/α-hetero) is 2. The van der Waals surface area contributed by atoms with Crippen molar-refractivity contribution in [1.82, 2.24) is 10.6 Å². The second-order valence-corrected chi connectivity index (χ2v) is 8.60. The van der Waals surface area contributed by atoms with Gasteiger partial charge in [0.25, 0.3) is 0 Å². The zero-order chi connectivity index (χ0) is 25.7. The average Bonchev–Trinajstić information content (AvgIpc) is 3.41. The highest BCUT2D eigenvalue weighted by atomic mass is 16.5. The van der Waals surface area contributed by atoms with Crippen LogP contribution < -0.4 is 15.4 Å². The number of allylic oxidation sites excluding steroid dienone is 4. The molecule has 4 N–H and O–H groups in total.